The Labute approximate surface area is 105 Å². The molecule has 0 bridgehead atoms. The summed E-state index contributed by atoms with van der Waals surface area (Å²) in [5, 5.41) is 5.08. The van der Waals surface area contributed by atoms with Crippen LogP contribution in [0.5, 0.6) is 0 Å². The van der Waals surface area contributed by atoms with Gasteiger partial charge < -0.3 is 14.7 Å². The van der Waals surface area contributed by atoms with Gasteiger partial charge in [0.1, 0.15) is 5.76 Å². The minimum Gasteiger partial charge on any atom is -0.453 e. The minimum atomic E-state index is -0.0230. The van der Waals surface area contributed by atoms with Gasteiger partial charge in [0.15, 0.2) is 4.67 Å². The van der Waals surface area contributed by atoms with Gasteiger partial charge in [0.25, 0.3) is 0 Å². The van der Waals surface area contributed by atoms with E-state index in [1.165, 1.54) is 11.3 Å². The van der Waals surface area contributed by atoms with Crippen LogP contribution in [0.3, 0.4) is 0 Å². The van der Waals surface area contributed by atoms with Crippen molar-refractivity contribution in [1.29, 1.82) is 0 Å². The summed E-state index contributed by atoms with van der Waals surface area (Å²) in [6, 6.07) is 3.88. The maximum Gasteiger partial charge on any atom is 0.304 e. The summed E-state index contributed by atoms with van der Waals surface area (Å²) in [7, 11) is 0. The average Bonchev–Trinajstić information content (AvgIpc) is 2.84. The fourth-order valence-corrected chi connectivity index (χ4v) is 2.23. The van der Waals surface area contributed by atoms with Crippen molar-refractivity contribution >= 4 is 27.3 Å². The third kappa shape index (κ3) is 2.84. The highest BCUT2D eigenvalue weighted by molar-refractivity contribution is 9.10. The number of halogens is 1. The van der Waals surface area contributed by atoms with E-state index in [0.717, 1.165) is 16.1 Å². The van der Waals surface area contributed by atoms with Crippen LogP contribution in [-0.2, 0) is 6.54 Å². The molecule has 2 aromatic heterocycles. The first-order valence-corrected chi connectivity index (χ1v) is 6.47. The fourth-order valence-electron chi connectivity index (χ4n) is 1.33. The van der Waals surface area contributed by atoms with Crippen molar-refractivity contribution in [2.45, 2.75) is 19.5 Å². The molecule has 1 unspecified atom stereocenters. The van der Waals surface area contributed by atoms with Crippen molar-refractivity contribution in [3.8, 4) is 0 Å². The van der Waals surface area contributed by atoms with Gasteiger partial charge in [-0.1, -0.05) is 11.3 Å². The van der Waals surface area contributed by atoms with Gasteiger partial charge in [-0.15, -0.1) is 0 Å². The monoisotopic (exact) mass is 302 g/mol. The van der Waals surface area contributed by atoms with E-state index in [-0.39, 0.29) is 10.9 Å². The smallest absolute Gasteiger partial charge is 0.304 e. The lowest BCUT2D eigenvalue weighted by Gasteiger charge is -2.09. The van der Waals surface area contributed by atoms with Crippen LogP contribution >= 0.6 is 27.3 Å². The van der Waals surface area contributed by atoms with Crippen LogP contribution < -0.4 is 10.2 Å². The van der Waals surface area contributed by atoms with E-state index in [1.54, 1.807) is 0 Å². The molecule has 1 atom stereocenters. The molecule has 2 rings (SSSR count). The maximum absolute atomic E-state index is 10.9. The van der Waals surface area contributed by atoms with Gasteiger partial charge in [-0.3, -0.25) is 4.79 Å². The maximum atomic E-state index is 10.9. The second-order valence-corrected chi connectivity index (χ2v) is 5.04. The molecule has 2 N–H and O–H groups in total. The van der Waals surface area contributed by atoms with E-state index < -0.39 is 0 Å². The normalized spacial score (nSPS) is 12.9. The molecule has 0 fully saturated rings. The number of aromatic amines is 1. The lowest BCUT2D eigenvalue weighted by molar-refractivity contribution is 0.417. The second kappa shape index (κ2) is 4.99. The van der Waals surface area contributed by atoms with Crippen molar-refractivity contribution in [2.24, 2.45) is 0 Å². The molecule has 16 heavy (non-hydrogen) atoms. The number of H-pyrrole nitrogens is 1. The summed E-state index contributed by atoms with van der Waals surface area (Å²) >= 11 is 4.43. The molecule has 6 heteroatoms. The van der Waals surface area contributed by atoms with Gasteiger partial charge in [0.2, 0.25) is 0 Å². The Bertz CT molecular complexity index is 517. The van der Waals surface area contributed by atoms with Gasteiger partial charge in [0, 0.05) is 17.6 Å². The third-order valence-corrected chi connectivity index (χ3v) is 3.34. The van der Waals surface area contributed by atoms with Gasteiger partial charge >= 0.3 is 4.87 Å². The van der Waals surface area contributed by atoms with E-state index in [4.69, 9.17) is 4.42 Å². The van der Waals surface area contributed by atoms with E-state index in [0.29, 0.717) is 6.54 Å². The lowest BCUT2D eigenvalue weighted by atomic mass is 10.2. The molecule has 0 spiro atoms. The molecule has 0 aromatic carbocycles. The van der Waals surface area contributed by atoms with Crippen LogP contribution in [0.2, 0.25) is 0 Å². The number of thiazole rings is 1. The minimum absolute atomic E-state index is 0.0230. The predicted octanol–water partition coefficient (Wildman–Crippen LogP) is 2.64. The van der Waals surface area contributed by atoms with E-state index >= 15 is 0 Å². The van der Waals surface area contributed by atoms with Crippen LogP contribution in [-0.4, -0.2) is 4.98 Å². The van der Waals surface area contributed by atoms with E-state index in [2.05, 4.69) is 26.2 Å². The van der Waals surface area contributed by atoms with Crippen molar-refractivity contribution in [3.63, 3.8) is 0 Å². The molecule has 0 aliphatic rings. The SMILES string of the molecule is CC(NCc1csc(=O)[nH]1)c1ccc(Br)o1. The molecular weight excluding hydrogens is 292 g/mol. The fraction of sp³-hybridized carbons (Fsp3) is 0.300. The zero-order valence-corrected chi connectivity index (χ0v) is 11.0. The number of rotatable bonds is 4. The van der Waals surface area contributed by atoms with Crippen LogP contribution in [0.1, 0.15) is 24.4 Å². The first kappa shape index (κ1) is 11.6. The summed E-state index contributed by atoms with van der Waals surface area (Å²) in [5.74, 6) is 0.865. The highest BCUT2D eigenvalue weighted by Crippen LogP contribution is 2.20. The molecule has 86 valence electrons. The summed E-state index contributed by atoms with van der Waals surface area (Å²) in [5.41, 5.74) is 0.896. The molecule has 0 aliphatic carbocycles. The number of nitrogens with one attached hydrogen (secondary N) is 2. The van der Waals surface area contributed by atoms with Crippen LogP contribution in [0.15, 0.2) is 31.4 Å². The van der Waals surface area contributed by atoms with Gasteiger partial charge in [0.05, 0.1) is 6.04 Å². The summed E-state index contributed by atoms with van der Waals surface area (Å²) < 4.78 is 6.15. The molecule has 4 nitrogen and oxygen atoms in total. The van der Waals surface area contributed by atoms with E-state index in [1.807, 2.05) is 24.4 Å². The molecule has 0 aliphatic heterocycles. The van der Waals surface area contributed by atoms with Crippen molar-refractivity contribution in [2.75, 3.05) is 0 Å². The summed E-state index contributed by atoms with van der Waals surface area (Å²) in [6.07, 6.45) is 0. The average molecular weight is 303 g/mol. The molecule has 2 heterocycles. The third-order valence-electron chi connectivity index (χ3n) is 2.19. The Balaban J connectivity index is 1.93. The predicted molar refractivity (Wildman–Crippen MR) is 66.6 cm³/mol. The number of hydrogen-bond donors (Lipinski definition) is 2. The molecule has 0 saturated heterocycles. The standard InChI is InChI=1S/C10H11BrN2O2S/c1-6(8-2-3-9(11)15-8)12-4-7-5-16-10(14)13-7/h2-3,5-6,12H,4H2,1H3,(H,13,14). The zero-order valence-electron chi connectivity index (χ0n) is 8.62. The highest BCUT2D eigenvalue weighted by atomic mass is 79.9. The molecule has 0 radical (unpaired) electrons. The van der Waals surface area contributed by atoms with Gasteiger partial charge in [-0.2, -0.15) is 0 Å². The topological polar surface area (TPSA) is 58.0 Å². The second-order valence-electron chi connectivity index (χ2n) is 3.42. The number of hydrogen-bond acceptors (Lipinski definition) is 4. The highest BCUT2D eigenvalue weighted by Gasteiger charge is 2.09. The summed E-state index contributed by atoms with van der Waals surface area (Å²) in [4.78, 5) is 13.6. The van der Waals surface area contributed by atoms with Crippen molar-refractivity contribution in [3.05, 3.63) is 43.3 Å². The Hall–Kier alpha value is -0.850. The van der Waals surface area contributed by atoms with Crippen LogP contribution in [0.4, 0.5) is 0 Å². The molecular formula is C10H11BrN2O2S. The van der Waals surface area contributed by atoms with E-state index in [9.17, 15) is 4.79 Å². The first-order chi connectivity index (χ1) is 7.65. The van der Waals surface area contributed by atoms with Crippen LogP contribution in [0.25, 0.3) is 0 Å². The number of aromatic nitrogens is 1. The Morgan fingerprint density at radius 2 is 2.44 bits per heavy atom. The molecule has 0 amide bonds. The number of furan rings is 1. The Kier molecular flexibility index (Phi) is 3.63. The van der Waals surface area contributed by atoms with Gasteiger partial charge in [-0.25, -0.2) is 0 Å². The van der Waals surface area contributed by atoms with Crippen molar-refractivity contribution < 1.29 is 4.42 Å². The first-order valence-electron chi connectivity index (χ1n) is 4.80. The quantitative estimate of drug-likeness (QED) is 0.913. The molecule has 0 saturated carbocycles. The Morgan fingerprint density at radius 1 is 1.62 bits per heavy atom. The van der Waals surface area contributed by atoms with Crippen molar-refractivity contribution in [1.82, 2.24) is 10.3 Å². The largest absolute Gasteiger partial charge is 0.453 e. The molecule has 2 aromatic rings. The zero-order chi connectivity index (χ0) is 11.5. The Morgan fingerprint density at radius 3 is 3.00 bits per heavy atom. The summed E-state index contributed by atoms with van der Waals surface area (Å²) in [6.45, 7) is 2.63. The van der Waals surface area contributed by atoms with Crippen LogP contribution in [0, 0.1) is 0 Å². The van der Waals surface area contributed by atoms with Gasteiger partial charge in [-0.05, 0) is 35.0 Å². The lowest BCUT2D eigenvalue weighted by Crippen LogP contribution is -2.18.